The van der Waals surface area contributed by atoms with Gasteiger partial charge in [-0.2, -0.15) is 0 Å². The van der Waals surface area contributed by atoms with Crippen LogP contribution in [0.3, 0.4) is 0 Å². The number of aryl methyl sites for hydroxylation is 1. The molecule has 2 N–H and O–H groups in total. The molecule has 8 heteroatoms. The number of hydrogen-bond acceptors (Lipinski definition) is 7. The van der Waals surface area contributed by atoms with Gasteiger partial charge in [0.05, 0.1) is 6.61 Å². The van der Waals surface area contributed by atoms with Crippen molar-refractivity contribution in [2.24, 2.45) is 0 Å². The molecule has 1 amide bonds. The molecule has 0 aliphatic heterocycles. The van der Waals surface area contributed by atoms with Crippen molar-refractivity contribution >= 4 is 17.7 Å². The highest BCUT2D eigenvalue weighted by molar-refractivity contribution is 6.02. The van der Waals surface area contributed by atoms with Crippen LogP contribution in [0, 0.1) is 6.92 Å². The minimum absolute atomic E-state index is 0.237. The number of nitrogens with one attached hydrogen (secondary N) is 2. The molecule has 8 nitrogen and oxygen atoms in total. The van der Waals surface area contributed by atoms with E-state index in [9.17, 15) is 4.79 Å². The Morgan fingerprint density at radius 1 is 1.50 bits per heavy atom. The quantitative estimate of drug-likeness (QED) is 0.762. The number of carbonyl (C=O) groups is 1. The molecule has 0 atom stereocenters. The maximum absolute atomic E-state index is 12.0. The van der Waals surface area contributed by atoms with Gasteiger partial charge in [0.15, 0.2) is 5.82 Å². The molecule has 20 heavy (non-hydrogen) atoms. The largest absolute Gasteiger partial charge is 0.383 e. The van der Waals surface area contributed by atoms with Crippen molar-refractivity contribution in [3.8, 4) is 0 Å². The van der Waals surface area contributed by atoms with E-state index in [4.69, 9.17) is 9.26 Å². The Kier molecular flexibility index (Phi) is 4.61. The summed E-state index contributed by atoms with van der Waals surface area (Å²) in [5, 5.41) is 9.22. The number of amides is 1. The van der Waals surface area contributed by atoms with Crippen LogP contribution in [0.15, 0.2) is 22.9 Å². The number of ether oxygens (including phenoxy) is 1. The lowest BCUT2D eigenvalue weighted by molar-refractivity contribution is 0.102. The third-order valence-electron chi connectivity index (χ3n) is 2.35. The van der Waals surface area contributed by atoms with Crippen molar-refractivity contribution in [1.82, 2.24) is 15.1 Å². The van der Waals surface area contributed by atoms with Gasteiger partial charge in [-0.25, -0.2) is 9.97 Å². The van der Waals surface area contributed by atoms with Crippen molar-refractivity contribution in [1.29, 1.82) is 0 Å². The standard InChI is InChI=1S/C12H15N5O3/c1-8-7-10(17-20-8)16-11(18)9-3-4-13-12(15-9)14-5-6-19-2/h3-4,7H,5-6H2,1-2H3,(H,13,14,15)(H,16,17,18). The average molecular weight is 277 g/mol. The molecule has 2 aromatic heterocycles. The third-order valence-corrected chi connectivity index (χ3v) is 2.35. The Labute approximate surface area is 115 Å². The molecular formula is C12H15N5O3. The molecular weight excluding hydrogens is 262 g/mol. The second-order valence-electron chi connectivity index (χ2n) is 3.96. The summed E-state index contributed by atoms with van der Waals surface area (Å²) in [7, 11) is 1.60. The highest BCUT2D eigenvalue weighted by Crippen LogP contribution is 2.09. The van der Waals surface area contributed by atoms with Gasteiger partial charge in [-0.3, -0.25) is 4.79 Å². The molecule has 2 heterocycles. The van der Waals surface area contributed by atoms with Gasteiger partial charge in [0.2, 0.25) is 5.95 Å². The van der Waals surface area contributed by atoms with Gasteiger partial charge in [0, 0.05) is 25.9 Å². The molecule has 0 bridgehead atoms. The number of nitrogens with zero attached hydrogens (tertiary/aromatic N) is 3. The SMILES string of the molecule is COCCNc1nccc(C(=O)Nc2cc(C)on2)n1. The van der Waals surface area contributed by atoms with E-state index in [0.29, 0.717) is 30.7 Å². The summed E-state index contributed by atoms with van der Waals surface area (Å²) >= 11 is 0. The molecule has 0 aliphatic rings. The number of carbonyl (C=O) groups excluding carboxylic acids is 1. The Hall–Kier alpha value is -2.48. The van der Waals surface area contributed by atoms with Crippen molar-refractivity contribution in [3.05, 3.63) is 29.8 Å². The lowest BCUT2D eigenvalue weighted by Gasteiger charge is -2.05. The van der Waals surface area contributed by atoms with Crippen molar-refractivity contribution < 1.29 is 14.1 Å². The monoisotopic (exact) mass is 277 g/mol. The minimum Gasteiger partial charge on any atom is -0.383 e. The van der Waals surface area contributed by atoms with E-state index >= 15 is 0 Å². The van der Waals surface area contributed by atoms with Crippen LogP contribution < -0.4 is 10.6 Å². The highest BCUT2D eigenvalue weighted by Gasteiger charge is 2.11. The van der Waals surface area contributed by atoms with Crippen molar-refractivity contribution in [2.75, 3.05) is 30.9 Å². The first-order chi connectivity index (χ1) is 9.69. The van der Waals surface area contributed by atoms with Gasteiger partial charge in [0.1, 0.15) is 11.5 Å². The highest BCUT2D eigenvalue weighted by atomic mass is 16.5. The van der Waals surface area contributed by atoms with Gasteiger partial charge in [-0.1, -0.05) is 5.16 Å². The molecule has 0 aliphatic carbocycles. The smallest absolute Gasteiger partial charge is 0.275 e. The normalized spacial score (nSPS) is 10.3. The first-order valence-corrected chi connectivity index (χ1v) is 5.99. The number of methoxy groups -OCH3 is 1. The lowest BCUT2D eigenvalue weighted by atomic mass is 10.3. The second kappa shape index (κ2) is 6.62. The number of hydrogen-bond donors (Lipinski definition) is 2. The molecule has 2 aromatic rings. The number of anilines is 2. The first-order valence-electron chi connectivity index (χ1n) is 5.99. The molecule has 0 unspecified atom stereocenters. The van der Waals surface area contributed by atoms with Gasteiger partial charge < -0.3 is 19.9 Å². The Morgan fingerprint density at radius 2 is 2.35 bits per heavy atom. The predicted molar refractivity (Wildman–Crippen MR) is 71.6 cm³/mol. The van der Waals surface area contributed by atoms with Crippen LogP contribution in [-0.2, 0) is 4.74 Å². The fraction of sp³-hybridized carbons (Fsp3) is 0.333. The number of rotatable bonds is 6. The summed E-state index contributed by atoms with van der Waals surface area (Å²) in [6.45, 7) is 2.83. The summed E-state index contributed by atoms with van der Waals surface area (Å²) in [6, 6.07) is 3.14. The molecule has 106 valence electrons. The fourth-order valence-electron chi connectivity index (χ4n) is 1.44. The van der Waals surface area contributed by atoms with E-state index in [0.717, 1.165) is 0 Å². The summed E-state index contributed by atoms with van der Waals surface area (Å²) in [5.41, 5.74) is 0.237. The predicted octanol–water partition coefficient (Wildman–Crippen LogP) is 1.08. The molecule has 2 rings (SSSR count). The van der Waals surface area contributed by atoms with Crippen LogP contribution in [0.5, 0.6) is 0 Å². The molecule has 0 spiro atoms. The second-order valence-corrected chi connectivity index (χ2v) is 3.96. The van der Waals surface area contributed by atoms with Crippen LogP contribution in [0.2, 0.25) is 0 Å². The molecule has 0 aromatic carbocycles. The molecule has 0 saturated carbocycles. The lowest BCUT2D eigenvalue weighted by Crippen LogP contribution is -2.16. The van der Waals surface area contributed by atoms with E-state index in [1.54, 1.807) is 20.1 Å². The minimum atomic E-state index is -0.379. The van der Waals surface area contributed by atoms with Crippen LogP contribution in [0.1, 0.15) is 16.2 Å². The van der Waals surface area contributed by atoms with Gasteiger partial charge in [-0.05, 0) is 13.0 Å². The van der Waals surface area contributed by atoms with Crippen molar-refractivity contribution in [2.45, 2.75) is 6.92 Å². The molecule has 0 saturated heterocycles. The van der Waals surface area contributed by atoms with Crippen LogP contribution in [0.25, 0.3) is 0 Å². The third kappa shape index (κ3) is 3.75. The Balaban J connectivity index is 2.00. The van der Waals surface area contributed by atoms with Crippen LogP contribution in [-0.4, -0.2) is 41.3 Å². The fourth-order valence-corrected chi connectivity index (χ4v) is 1.44. The number of aromatic nitrogens is 3. The van der Waals surface area contributed by atoms with E-state index in [1.165, 1.54) is 12.3 Å². The van der Waals surface area contributed by atoms with E-state index in [2.05, 4.69) is 25.8 Å². The maximum Gasteiger partial charge on any atom is 0.275 e. The molecule has 0 fully saturated rings. The maximum atomic E-state index is 12.0. The van der Waals surface area contributed by atoms with Crippen LogP contribution in [0.4, 0.5) is 11.8 Å². The summed E-state index contributed by atoms with van der Waals surface area (Å²) in [4.78, 5) is 20.1. The van der Waals surface area contributed by atoms with Crippen molar-refractivity contribution in [3.63, 3.8) is 0 Å². The van der Waals surface area contributed by atoms with E-state index in [-0.39, 0.29) is 11.6 Å². The topological polar surface area (TPSA) is 102 Å². The Bertz CT molecular complexity index is 584. The zero-order valence-corrected chi connectivity index (χ0v) is 11.2. The summed E-state index contributed by atoms with van der Waals surface area (Å²) in [6.07, 6.45) is 1.51. The average Bonchev–Trinajstić information content (AvgIpc) is 2.85. The summed E-state index contributed by atoms with van der Waals surface area (Å²) in [5.74, 6) is 0.950. The van der Waals surface area contributed by atoms with Gasteiger partial charge >= 0.3 is 0 Å². The molecule has 0 radical (unpaired) electrons. The van der Waals surface area contributed by atoms with E-state index in [1.807, 2.05) is 0 Å². The van der Waals surface area contributed by atoms with E-state index < -0.39 is 0 Å². The summed E-state index contributed by atoms with van der Waals surface area (Å²) < 4.78 is 9.77. The van der Waals surface area contributed by atoms with Crippen LogP contribution >= 0.6 is 0 Å². The zero-order chi connectivity index (χ0) is 14.4. The van der Waals surface area contributed by atoms with Gasteiger partial charge in [0.25, 0.3) is 5.91 Å². The van der Waals surface area contributed by atoms with Gasteiger partial charge in [-0.15, -0.1) is 0 Å². The Morgan fingerprint density at radius 3 is 3.05 bits per heavy atom. The first kappa shape index (κ1) is 13.9. The zero-order valence-electron chi connectivity index (χ0n) is 11.2.